The normalized spacial score (nSPS) is 18.5. The van der Waals surface area contributed by atoms with Crippen LogP contribution in [0.25, 0.3) is 0 Å². The lowest BCUT2D eigenvalue weighted by molar-refractivity contribution is -0.143. The van der Waals surface area contributed by atoms with Gasteiger partial charge in [-0.25, -0.2) is 4.99 Å². The Morgan fingerprint density at radius 3 is 2.73 bits per heavy atom. The Hall–Kier alpha value is -1.03. The molecule has 1 unspecified atom stereocenters. The smallest absolute Gasteiger partial charge is 0.357 e. The molecule has 0 amide bonds. The van der Waals surface area contributed by atoms with Crippen molar-refractivity contribution in [3.63, 3.8) is 0 Å². The number of aryl methyl sites for hydroxylation is 1. The van der Waals surface area contributed by atoms with Crippen LogP contribution in [0, 0.1) is 12.8 Å². The number of alkyl halides is 3. The molecule has 1 heterocycles. The minimum atomic E-state index is -4.12. The quantitative estimate of drug-likeness (QED) is 0.369. The van der Waals surface area contributed by atoms with Gasteiger partial charge in [0.1, 0.15) is 0 Å². The lowest BCUT2D eigenvalue weighted by Crippen LogP contribution is -2.40. The molecule has 1 saturated heterocycles. The molecule has 2 rings (SSSR count). The van der Waals surface area contributed by atoms with Crippen molar-refractivity contribution in [2.75, 3.05) is 32.7 Å². The molecule has 0 aromatic heterocycles. The SMILES string of the molecule is CCNC(=NCc1cccc(C)c1)NCC1CCN(CC(F)(F)F)C1.I. The number of nitrogens with zero attached hydrogens (tertiary/aromatic N) is 2. The van der Waals surface area contributed by atoms with E-state index in [1.165, 1.54) is 10.5 Å². The first-order valence-electron chi connectivity index (χ1n) is 8.72. The number of likely N-dealkylation sites (tertiary alicyclic amines) is 1. The maximum atomic E-state index is 12.5. The van der Waals surface area contributed by atoms with Gasteiger partial charge in [0.15, 0.2) is 5.96 Å². The van der Waals surface area contributed by atoms with Crippen molar-refractivity contribution in [3.8, 4) is 0 Å². The highest BCUT2D eigenvalue weighted by Gasteiger charge is 2.34. The number of nitrogens with one attached hydrogen (secondary N) is 2. The summed E-state index contributed by atoms with van der Waals surface area (Å²) >= 11 is 0. The number of rotatable bonds is 6. The van der Waals surface area contributed by atoms with Crippen LogP contribution in [-0.2, 0) is 6.54 Å². The Morgan fingerprint density at radius 2 is 2.08 bits per heavy atom. The fourth-order valence-corrected chi connectivity index (χ4v) is 3.04. The van der Waals surface area contributed by atoms with Gasteiger partial charge in [-0.3, -0.25) is 4.90 Å². The van der Waals surface area contributed by atoms with Gasteiger partial charge in [0.2, 0.25) is 0 Å². The van der Waals surface area contributed by atoms with Gasteiger partial charge in [0.25, 0.3) is 0 Å². The van der Waals surface area contributed by atoms with Gasteiger partial charge in [-0.05, 0) is 38.3 Å². The summed E-state index contributed by atoms with van der Waals surface area (Å²) in [5.41, 5.74) is 2.33. The van der Waals surface area contributed by atoms with Gasteiger partial charge >= 0.3 is 6.18 Å². The van der Waals surface area contributed by atoms with Crippen molar-refractivity contribution >= 4 is 29.9 Å². The summed E-state index contributed by atoms with van der Waals surface area (Å²) in [5.74, 6) is 0.920. The molecule has 4 nitrogen and oxygen atoms in total. The number of aliphatic imine (C=N–C) groups is 1. The van der Waals surface area contributed by atoms with Gasteiger partial charge in [-0.2, -0.15) is 13.2 Å². The van der Waals surface area contributed by atoms with Crippen LogP contribution in [0.5, 0.6) is 0 Å². The van der Waals surface area contributed by atoms with E-state index >= 15 is 0 Å². The summed E-state index contributed by atoms with van der Waals surface area (Å²) in [5, 5.41) is 6.45. The molecule has 1 aromatic carbocycles. The first-order valence-corrected chi connectivity index (χ1v) is 8.72. The fraction of sp³-hybridized carbons (Fsp3) is 0.611. The van der Waals surface area contributed by atoms with Crippen LogP contribution in [0.15, 0.2) is 29.3 Å². The zero-order valence-corrected chi connectivity index (χ0v) is 17.6. The van der Waals surface area contributed by atoms with Crippen LogP contribution in [0.3, 0.4) is 0 Å². The molecule has 0 spiro atoms. The second kappa shape index (κ2) is 11.0. The summed E-state index contributed by atoms with van der Waals surface area (Å²) < 4.78 is 37.4. The predicted octanol–water partition coefficient (Wildman–Crippen LogP) is 3.55. The molecule has 8 heteroatoms. The highest BCUT2D eigenvalue weighted by atomic mass is 127. The number of hydrogen-bond acceptors (Lipinski definition) is 2. The Labute approximate surface area is 170 Å². The Kier molecular flexibility index (Phi) is 9.70. The topological polar surface area (TPSA) is 39.7 Å². The van der Waals surface area contributed by atoms with E-state index < -0.39 is 12.7 Å². The molecule has 1 atom stereocenters. The van der Waals surface area contributed by atoms with Crippen molar-refractivity contribution < 1.29 is 13.2 Å². The van der Waals surface area contributed by atoms with E-state index in [0.29, 0.717) is 32.1 Å². The van der Waals surface area contributed by atoms with Crippen LogP contribution < -0.4 is 10.6 Å². The highest BCUT2D eigenvalue weighted by molar-refractivity contribution is 14.0. The summed E-state index contributed by atoms with van der Waals surface area (Å²) in [7, 11) is 0. The maximum Gasteiger partial charge on any atom is 0.401 e. The van der Waals surface area contributed by atoms with E-state index in [4.69, 9.17) is 0 Å². The molecule has 1 aliphatic heterocycles. The van der Waals surface area contributed by atoms with Gasteiger partial charge < -0.3 is 10.6 Å². The van der Waals surface area contributed by atoms with Crippen LogP contribution in [0.4, 0.5) is 13.2 Å². The van der Waals surface area contributed by atoms with Crippen molar-refractivity contribution in [2.24, 2.45) is 10.9 Å². The van der Waals surface area contributed by atoms with Crippen molar-refractivity contribution in [3.05, 3.63) is 35.4 Å². The second-order valence-corrected chi connectivity index (χ2v) is 6.57. The van der Waals surface area contributed by atoms with Gasteiger partial charge in [0, 0.05) is 19.6 Å². The fourth-order valence-electron chi connectivity index (χ4n) is 3.04. The molecule has 26 heavy (non-hydrogen) atoms. The Balaban J connectivity index is 0.00000338. The third kappa shape index (κ3) is 8.57. The van der Waals surface area contributed by atoms with Gasteiger partial charge in [-0.1, -0.05) is 29.8 Å². The molecule has 0 bridgehead atoms. The van der Waals surface area contributed by atoms with E-state index in [0.717, 1.165) is 18.5 Å². The molecular formula is C18H28F3IN4. The number of guanidine groups is 1. The molecule has 2 N–H and O–H groups in total. The van der Waals surface area contributed by atoms with Gasteiger partial charge in [-0.15, -0.1) is 24.0 Å². The van der Waals surface area contributed by atoms with E-state index in [1.807, 2.05) is 32.0 Å². The monoisotopic (exact) mass is 484 g/mol. The molecule has 1 aromatic rings. The molecule has 1 aliphatic rings. The lowest BCUT2D eigenvalue weighted by atomic mass is 10.1. The number of halogens is 4. The molecule has 0 saturated carbocycles. The number of hydrogen-bond donors (Lipinski definition) is 2. The van der Waals surface area contributed by atoms with Crippen molar-refractivity contribution in [1.29, 1.82) is 0 Å². The Bertz CT molecular complexity index is 578. The lowest BCUT2D eigenvalue weighted by Gasteiger charge is -2.18. The van der Waals surface area contributed by atoms with E-state index in [2.05, 4.69) is 21.7 Å². The average Bonchev–Trinajstić information content (AvgIpc) is 2.95. The first-order chi connectivity index (χ1) is 11.9. The third-order valence-electron chi connectivity index (χ3n) is 4.18. The van der Waals surface area contributed by atoms with Crippen molar-refractivity contribution in [2.45, 2.75) is 33.0 Å². The van der Waals surface area contributed by atoms with Gasteiger partial charge in [0.05, 0.1) is 13.1 Å². The average molecular weight is 484 g/mol. The van der Waals surface area contributed by atoms with Crippen molar-refractivity contribution in [1.82, 2.24) is 15.5 Å². The molecule has 0 aliphatic carbocycles. The summed E-state index contributed by atoms with van der Waals surface area (Å²) in [4.78, 5) is 6.04. The summed E-state index contributed by atoms with van der Waals surface area (Å²) in [6.07, 6.45) is -3.34. The minimum absolute atomic E-state index is 0. The summed E-state index contributed by atoms with van der Waals surface area (Å²) in [6.45, 7) is 6.14. The molecule has 1 fully saturated rings. The molecular weight excluding hydrogens is 456 g/mol. The molecule has 148 valence electrons. The third-order valence-corrected chi connectivity index (χ3v) is 4.18. The van der Waals surface area contributed by atoms with Crippen LogP contribution >= 0.6 is 24.0 Å². The van der Waals surface area contributed by atoms with E-state index in [1.54, 1.807) is 0 Å². The summed E-state index contributed by atoms with van der Waals surface area (Å²) in [6, 6.07) is 8.18. The zero-order chi connectivity index (χ0) is 18.3. The minimum Gasteiger partial charge on any atom is -0.357 e. The molecule has 0 radical (unpaired) electrons. The number of benzene rings is 1. The Morgan fingerprint density at radius 1 is 1.31 bits per heavy atom. The largest absolute Gasteiger partial charge is 0.401 e. The van der Waals surface area contributed by atoms with Crippen LogP contribution in [0.1, 0.15) is 24.5 Å². The first kappa shape index (κ1) is 23.0. The van der Waals surface area contributed by atoms with Crippen LogP contribution in [0.2, 0.25) is 0 Å². The predicted molar refractivity (Wildman–Crippen MR) is 110 cm³/mol. The maximum absolute atomic E-state index is 12.5. The highest BCUT2D eigenvalue weighted by Crippen LogP contribution is 2.22. The van der Waals surface area contributed by atoms with E-state index in [9.17, 15) is 13.2 Å². The van der Waals surface area contributed by atoms with E-state index in [-0.39, 0.29) is 29.9 Å². The van der Waals surface area contributed by atoms with Crippen LogP contribution in [-0.4, -0.2) is 49.8 Å². The standard InChI is InChI=1S/C18H27F3N4.HI/c1-3-22-17(23-10-15-6-4-5-14(2)9-15)24-11-16-7-8-25(12-16)13-18(19,20)21;/h4-6,9,16H,3,7-8,10-13H2,1-2H3,(H2,22,23,24);1H. The second-order valence-electron chi connectivity index (χ2n) is 6.57. The zero-order valence-electron chi connectivity index (χ0n) is 15.3.